The van der Waals surface area contributed by atoms with Gasteiger partial charge in [0.15, 0.2) is 17.0 Å². The number of nitrogens with two attached hydrogens (primary N) is 1. The van der Waals surface area contributed by atoms with Crippen LogP contribution in [0.4, 0.5) is 5.82 Å². The number of aryl methyl sites for hydroxylation is 1. The van der Waals surface area contributed by atoms with Gasteiger partial charge >= 0.3 is 5.97 Å². The minimum Gasteiger partial charge on any atom is -0.481 e. The number of nitrogen functional groups attached to an aromatic ring is 1. The van der Waals surface area contributed by atoms with Crippen LogP contribution in [0.25, 0.3) is 11.2 Å². The van der Waals surface area contributed by atoms with Crippen molar-refractivity contribution in [2.75, 3.05) is 5.73 Å². The molecule has 3 aromatic heterocycles. The second-order valence-electron chi connectivity index (χ2n) is 5.05. The Morgan fingerprint density at radius 3 is 2.74 bits per heavy atom. The SMILES string of the molecule is Cc1nc(N)c2nc(O)n(Cc3ccc(CC(=O)O)nc3)c2n1. The quantitative estimate of drug-likeness (QED) is 0.632. The van der Waals surface area contributed by atoms with Crippen LogP contribution in [0, 0.1) is 6.92 Å². The molecule has 118 valence electrons. The Kier molecular flexibility index (Phi) is 3.53. The summed E-state index contributed by atoms with van der Waals surface area (Å²) in [4.78, 5) is 27.0. The van der Waals surface area contributed by atoms with Crippen LogP contribution in [0.5, 0.6) is 6.01 Å². The molecular weight excluding hydrogens is 300 g/mol. The number of nitrogens with zero attached hydrogens (tertiary/aromatic N) is 5. The molecule has 0 spiro atoms. The number of rotatable bonds is 4. The first-order chi connectivity index (χ1) is 10.9. The maximum Gasteiger partial charge on any atom is 0.309 e. The van der Waals surface area contributed by atoms with E-state index in [9.17, 15) is 9.90 Å². The van der Waals surface area contributed by atoms with E-state index >= 15 is 0 Å². The van der Waals surface area contributed by atoms with Crippen LogP contribution in [0.2, 0.25) is 0 Å². The van der Waals surface area contributed by atoms with Gasteiger partial charge in [0.2, 0.25) is 0 Å². The molecule has 23 heavy (non-hydrogen) atoms. The van der Waals surface area contributed by atoms with Gasteiger partial charge in [-0.25, -0.2) is 9.97 Å². The van der Waals surface area contributed by atoms with Gasteiger partial charge in [0.25, 0.3) is 6.01 Å². The number of carbonyl (C=O) groups is 1. The number of anilines is 1. The Balaban J connectivity index is 1.95. The number of fused-ring (bicyclic) bond motifs is 1. The number of hydrogen-bond acceptors (Lipinski definition) is 7. The topological polar surface area (TPSA) is 140 Å². The summed E-state index contributed by atoms with van der Waals surface area (Å²) in [6.07, 6.45) is 1.42. The highest BCUT2D eigenvalue weighted by molar-refractivity contribution is 5.82. The molecule has 0 unspecified atom stereocenters. The number of hydrogen-bond donors (Lipinski definition) is 3. The fourth-order valence-electron chi connectivity index (χ4n) is 2.26. The molecule has 0 saturated carbocycles. The molecule has 0 fully saturated rings. The van der Waals surface area contributed by atoms with Crippen molar-refractivity contribution in [2.24, 2.45) is 0 Å². The highest BCUT2D eigenvalue weighted by Gasteiger charge is 2.15. The molecule has 0 aliphatic rings. The lowest BCUT2D eigenvalue weighted by Gasteiger charge is -2.06. The van der Waals surface area contributed by atoms with Crippen LogP contribution >= 0.6 is 0 Å². The monoisotopic (exact) mass is 314 g/mol. The number of aliphatic carboxylic acids is 1. The van der Waals surface area contributed by atoms with Crippen LogP contribution in [-0.2, 0) is 17.8 Å². The summed E-state index contributed by atoms with van der Waals surface area (Å²) in [7, 11) is 0. The van der Waals surface area contributed by atoms with Gasteiger partial charge in [0.05, 0.1) is 18.7 Å². The summed E-state index contributed by atoms with van der Waals surface area (Å²) in [5, 5.41) is 18.8. The molecule has 0 atom stereocenters. The van der Waals surface area contributed by atoms with Crippen molar-refractivity contribution in [3.8, 4) is 6.01 Å². The third kappa shape index (κ3) is 2.89. The minimum absolute atomic E-state index is 0.136. The van der Waals surface area contributed by atoms with Crippen molar-refractivity contribution in [1.82, 2.24) is 24.5 Å². The van der Waals surface area contributed by atoms with Crippen LogP contribution in [0.3, 0.4) is 0 Å². The second kappa shape index (κ2) is 5.52. The molecular formula is C14H14N6O3. The molecule has 3 aromatic rings. The highest BCUT2D eigenvalue weighted by Crippen LogP contribution is 2.23. The minimum atomic E-state index is -0.939. The van der Waals surface area contributed by atoms with Gasteiger partial charge in [-0.15, -0.1) is 0 Å². The van der Waals surface area contributed by atoms with E-state index in [0.717, 1.165) is 5.56 Å². The zero-order valence-electron chi connectivity index (χ0n) is 12.3. The predicted octanol–water partition coefficient (Wildman–Crippen LogP) is 0.493. The van der Waals surface area contributed by atoms with E-state index in [1.165, 1.54) is 4.57 Å². The summed E-state index contributed by atoms with van der Waals surface area (Å²) in [6, 6.07) is 3.16. The Labute approximate surface area is 130 Å². The zero-order valence-corrected chi connectivity index (χ0v) is 12.3. The largest absolute Gasteiger partial charge is 0.481 e. The van der Waals surface area contributed by atoms with Crippen molar-refractivity contribution >= 4 is 23.0 Å². The molecule has 9 heteroatoms. The molecule has 0 radical (unpaired) electrons. The lowest BCUT2D eigenvalue weighted by atomic mass is 10.2. The highest BCUT2D eigenvalue weighted by atomic mass is 16.4. The lowest BCUT2D eigenvalue weighted by molar-refractivity contribution is -0.136. The Morgan fingerprint density at radius 2 is 2.09 bits per heavy atom. The standard InChI is InChI=1S/C14H14N6O3/c1-7-17-12(15)11-13(18-7)20(14(23)19-11)6-8-2-3-9(16-5-8)4-10(21)22/h2-3,5H,4,6H2,1H3,(H,19,23)(H,21,22)(H2,15,17,18). The van der Waals surface area contributed by atoms with Crippen molar-refractivity contribution in [2.45, 2.75) is 19.9 Å². The van der Waals surface area contributed by atoms with Gasteiger partial charge < -0.3 is 15.9 Å². The third-order valence-electron chi connectivity index (χ3n) is 3.27. The van der Waals surface area contributed by atoms with Crippen molar-refractivity contribution < 1.29 is 15.0 Å². The Morgan fingerprint density at radius 1 is 1.30 bits per heavy atom. The molecule has 0 bridgehead atoms. The Hall–Kier alpha value is -3.23. The summed E-state index contributed by atoms with van der Waals surface area (Å²) in [5.74, 6) is -0.256. The number of carboxylic acids is 1. The molecule has 0 amide bonds. The molecule has 4 N–H and O–H groups in total. The van der Waals surface area contributed by atoms with Crippen molar-refractivity contribution in [3.63, 3.8) is 0 Å². The third-order valence-corrected chi connectivity index (χ3v) is 3.27. The van der Waals surface area contributed by atoms with Crippen LogP contribution in [0.1, 0.15) is 17.1 Å². The average molecular weight is 314 g/mol. The van der Waals surface area contributed by atoms with E-state index < -0.39 is 5.97 Å². The normalized spacial score (nSPS) is 11.0. The summed E-state index contributed by atoms with van der Waals surface area (Å²) >= 11 is 0. The van der Waals surface area contributed by atoms with Crippen LogP contribution in [0.15, 0.2) is 18.3 Å². The number of pyridine rings is 1. The van der Waals surface area contributed by atoms with Gasteiger partial charge in [-0.2, -0.15) is 4.98 Å². The van der Waals surface area contributed by atoms with E-state index in [1.54, 1.807) is 25.3 Å². The lowest BCUT2D eigenvalue weighted by Crippen LogP contribution is -2.05. The fraction of sp³-hybridized carbons (Fsp3) is 0.214. The number of aromatic nitrogens is 5. The van der Waals surface area contributed by atoms with Gasteiger partial charge in [-0.1, -0.05) is 6.07 Å². The first kappa shape index (κ1) is 14.7. The van der Waals surface area contributed by atoms with E-state index in [0.29, 0.717) is 22.7 Å². The van der Waals surface area contributed by atoms with Crippen LogP contribution < -0.4 is 5.73 Å². The second-order valence-corrected chi connectivity index (χ2v) is 5.05. The maximum absolute atomic E-state index is 10.7. The molecule has 0 saturated heterocycles. The maximum atomic E-state index is 10.7. The van der Waals surface area contributed by atoms with E-state index in [2.05, 4.69) is 19.9 Å². The van der Waals surface area contributed by atoms with Gasteiger partial charge in [-0.05, 0) is 18.6 Å². The molecule has 0 aromatic carbocycles. The first-order valence-corrected chi connectivity index (χ1v) is 6.79. The number of imidazole rings is 1. The summed E-state index contributed by atoms with van der Waals surface area (Å²) < 4.78 is 1.49. The van der Waals surface area contributed by atoms with E-state index in [1.807, 2.05) is 0 Å². The number of carboxylic acid groups (broad SMARTS) is 1. The molecule has 9 nitrogen and oxygen atoms in total. The van der Waals surface area contributed by atoms with Crippen molar-refractivity contribution in [3.05, 3.63) is 35.4 Å². The molecule has 3 heterocycles. The smallest absolute Gasteiger partial charge is 0.309 e. The summed E-state index contributed by atoms with van der Waals surface area (Å²) in [6.45, 7) is 1.98. The van der Waals surface area contributed by atoms with Gasteiger partial charge in [0.1, 0.15) is 5.82 Å². The Bertz CT molecular complexity index is 888. The number of aromatic hydroxyl groups is 1. The van der Waals surface area contributed by atoms with E-state index in [-0.39, 0.29) is 24.8 Å². The van der Waals surface area contributed by atoms with E-state index in [4.69, 9.17) is 10.8 Å². The van der Waals surface area contributed by atoms with Crippen LogP contribution in [-0.4, -0.2) is 40.7 Å². The average Bonchev–Trinajstić information content (AvgIpc) is 2.78. The molecule has 3 rings (SSSR count). The van der Waals surface area contributed by atoms with Crippen molar-refractivity contribution in [1.29, 1.82) is 0 Å². The van der Waals surface area contributed by atoms with Gasteiger partial charge in [0, 0.05) is 6.20 Å². The predicted molar refractivity (Wildman–Crippen MR) is 80.8 cm³/mol. The molecule has 0 aliphatic heterocycles. The molecule has 0 aliphatic carbocycles. The zero-order chi connectivity index (χ0) is 16.6. The fourth-order valence-corrected chi connectivity index (χ4v) is 2.26. The van der Waals surface area contributed by atoms with Gasteiger partial charge in [-0.3, -0.25) is 14.3 Å². The summed E-state index contributed by atoms with van der Waals surface area (Å²) in [5.41, 5.74) is 7.79. The first-order valence-electron chi connectivity index (χ1n) is 6.79.